The minimum atomic E-state index is -0.188. The van der Waals surface area contributed by atoms with Gasteiger partial charge in [-0.05, 0) is 36.4 Å². The van der Waals surface area contributed by atoms with Crippen LogP contribution in [-0.2, 0) is 9.59 Å². The molecule has 0 saturated heterocycles. The molecule has 0 atom stereocenters. The summed E-state index contributed by atoms with van der Waals surface area (Å²) >= 11 is 0. The summed E-state index contributed by atoms with van der Waals surface area (Å²) in [6, 6.07) is 6.63. The van der Waals surface area contributed by atoms with Crippen molar-refractivity contribution in [3.63, 3.8) is 0 Å². The van der Waals surface area contributed by atoms with Gasteiger partial charge in [0.05, 0.1) is 0 Å². The van der Waals surface area contributed by atoms with Crippen molar-refractivity contribution in [2.24, 2.45) is 0 Å². The smallest absolute Gasteiger partial charge is 0.192 e. The van der Waals surface area contributed by atoms with Gasteiger partial charge in [-0.2, -0.15) is 0 Å². The van der Waals surface area contributed by atoms with Crippen LogP contribution >= 0.6 is 0 Å². The molecule has 4 heteroatoms. The summed E-state index contributed by atoms with van der Waals surface area (Å²) < 4.78 is 10.4. The summed E-state index contributed by atoms with van der Waals surface area (Å²) in [6.45, 7) is 6.61. The summed E-state index contributed by atoms with van der Waals surface area (Å²) in [5.41, 5.74) is 0. The molecule has 1 aromatic carbocycles. The summed E-state index contributed by atoms with van der Waals surface area (Å²) in [4.78, 5) is 21.9. The number of hydrogen-bond acceptors (Lipinski definition) is 4. The van der Waals surface area contributed by atoms with Crippen LogP contribution in [0.4, 0.5) is 0 Å². The maximum absolute atomic E-state index is 10.9. The van der Waals surface area contributed by atoms with Gasteiger partial charge < -0.3 is 9.47 Å². The van der Waals surface area contributed by atoms with E-state index in [1.165, 1.54) is 12.2 Å². The van der Waals surface area contributed by atoms with E-state index in [2.05, 4.69) is 13.2 Å². The molecule has 0 radical (unpaired) electrons. The average Bonchev–Trinajstić information content (AvgIpc) is 2.43. The quantitative estimate of drug-likeness (QED) is 0.658. The highest BCUT2D eigenvalue weighted by atomic mass is 16.5. The predicted molar refractivity (Wildman–Crippen MR) is 67.8 cm³/mol. The lowest BCUT2D eigenvalue weighted by Crippen LogP contribution is -2.08. The van der Waals surface area contributed by atoms with Crippen molar-refractivity contribution in [1.29, 1.82) is 0 Å². The molecule has 94 valence electrons. The van der Waals surface area contributed by atoms with E-state index in [1.54, 1.807) is 24.3 Å². The van der Waals surface area contributed by atoms with Crippen molar-refractivity contribution in [3.05, 3.63) is 49.6 Å². The van der Waals surface area contributed by atoms with Gasteiger partial charge in [0.25, 0.3) is 0 Å². The Morgan fingerprint density at radius 1 is 0.889 bits per heavy atom. The van der Waals surface area contributed by atoms with E-state index in [-0.39, 0.29) is 24.8 Å². The number of ether oxygens (including phenoxy) is 2. The average molecular weight is 246 g/mol. The molecule has 0 aliphatic rings. The van der Waals surface area contributed by atoms with Gasteiger partial charge in [-0.15, -0.1) is 0 Å². The van der Waals surface area contributed by atoms with Crippen LogP contribution in [0.2, 0.25) is 0 Å². The summed E-state index contributed by atoms with van der Waals surface area (Å²) in [6.07, 6.45) is 2.41. The SMILES string of the molecule is C=CC(=O)COc1ccc(OCC(=O)C=C)cc1. The lowest BCUT2D eigenvalue weighted by Gasteiger charge is -2.06. The fourth-order valence-corrected chi connectivity index (χ4v) is 1.06. The van der Waals surface area contributed by atoms with Crippen LogP contribution in [0.1, 0.15) is 0 Å². The zero-order valence-electron chi connectivity index (χ0n) is 9.93. The van der Waals surface area contributed by atoms with Crippen LogP contribution in [0, 0.1) is 0 Å². The Morgan fingerprint density at radius 3 is 1.50 bits per heavy atom. The molecule has 4 nitrogen and oxygen atoms in total. The van der Waals surface area contributed by atoms with Crippen LogP contribution in [0.5, 0.6) is 11.5 Å². The van der Waals surface area contributed by atoms with Crippen molar-refractivity contribution in [3.8, 4) is 11.5 Å². The van der Waals surface area contributed by atoms with Crippen molar-refractivity contribution in [2.45, 2.75) is 0 Å². The van der Waals surface area contributed by atoms with E-state index >= 15 is 0 Å². The molecule has 0 aromatic heterocycles. The number of hydrogen-bond donors (Lipinski definition) is 0. The first-order chi connectivity index (χ1) is 8.65. The van der Waals surface area contributed by atoms with Gasteiger partial charge in [0.2, 0.25) is 0 Å². The Labute approximate surface area is 106 Å². The van der Waals surface area contributed by atoms with Crippen LogP contribution < -0.4 is 9.47 Å². The molecule has 18 heavy (non-hydrogen) atoms. The van der Waals surface area contributed by atoms with E-state index in [1.807, 2.05) is 0 Å². The molecule has 0 N–H and O–H groups in total. The van der Waals surface area contributed by atoms with Crippen molar-refractivity contribution in [2.75, 3.05) is 13.2 Å². The molecule has 0 unspecified atom stereocenters. The highest BCUT2D eigenvalue weighted by molar-refractivity contribution is 5.90. The van der Waals surface area contributed by atoms with E-state index in [0.717, 1.165) is 0 Å². The maximum atomic E-state index is 10.9. The first-order valence-corrected chi connectivity index (χ1v) is 5.32. The van der Waals surface area contributed by atoms with Crippen LogP contribution in [0.3, 0.4) is 0 Å². The number of carbonyl (C=O) groups excluding carboxylic acids is 2. The molecule has 0 aliphatic heterocycles. The fourth-order valence-electron chi connectivity index (χ4n) is 1.06. The monoisotopic (exact) mass is 246 g/mol. The highest BCUT2D eigenvalue weighted by Gasteiger charge is 2.01. The molecule has 0 fully saturated rings. The second-order valence-electron chi connectivity index (χ2n) is 3.39. The number of benzene rings is 1. The van der Waals surface area contributed by atoms with Crippen molar-refractivity contribution >= 4 is 11.6 Å². The molecule has 0 spiro atoms. The Bertz CT molecular complexity index is 402. The minimum Gasteiger partial charge on any atom is -0.485 e. The maximum Gasteiger partial charge on any atom is 0.192 e. The Kier molecular flexibility index (Phi) is 5.38. The lowest BCUT2D eigenvalue weighted by molar-refractivity contribution is -0.117. The third-order valence-corrected chi connectivity index (χ3v) is 2.04. The van der Waals surface area contributed by atoms with E-state index in [4.69, 9.17) is 9.47 Å². The molecule has 0 heterocycles. The fraction of sp³-hybridized carbons (Fsp3) is 0.143. The van der Waals surface area contributed by atoms with Crippen molar-refractivity contribution in [1.82, 2.24) is 0 Å². The number of carbonyl (C=O) groups is 2. The summed E-state index contributed by atoms with van der Waals surface area (Å²) in [7, 11) is 0. The molecule has 1 aromatic rings. The molecule has 0 aliphatic carbocycles. The first-order valence-electron chi connectivity index (χ1n) is 5.32. The molecular formula is C14H14O4. The molecular weight excluding hydrogens is 232 g/mol. The van der Waals surface area contributed by atoms with E-state index in [0.29, 0.717) is 11.5 Å². The summed E-state index contributed by atoms with van der Waals surface area (Å²) in [5.74, 6) is 0.721. The molecule has 0 saturated carbocycles. The second-order valence-corrected chi connectivity index (χ2v) is 3.39. The van der Waals surface area contributed by atoms with Gasteiger partial charge in [0, 0.05) is 0 Å². The van der Waals surface area contributed by atoms with Gasteiger partial charge in [0.1, 0.15) is 11.5 Å². The van der Waals surface area contributed by atoms with Gasteiger partial charge in [-0.3, -0.25) is 9.59 Å². The van der Waals surface area contributed by atoms with Gasteiger partial charge >= 0.3 is 0 Å². The third kappa shape index (κ3) is 4.65. The Balaban J connectivity index is 2.47. The van der Waals surface area contributed by atoms with Crippen molar-refractivity contribution < 1.29 is 19.1 Å². The third-order valence-electron chi connectivity index (χ3n) is 2.04. The molecule has 0 amide bonds. The van der Waals surface area contributed by atoms with Gasteiger partial charge in [0.15, 0.2) is 24.8 Å². The first kappa shape index (κ1) is 13.7. The largest absolute Gasteiger partial charge is 0.485 e. The normalized spacial score (nSPS) is 9.33. The van der Waals surface area contributed by atoms with Gasteiger partial charge in [-0.25, -0.2) is 0 Å². The topological polar surface area (TPSA) is 52.6 Å². The molecule has 0 bridgehead atoms. The molecule has 1 rings (SSSR count). The number of ketones is 2. The lowest BCUT2D eigenvalue weighted by atomic mass is 10.3. The standard InChI is InChI=1S/C14H14O4/c1-3-11(15)9-17-13-5-7-14(8-6-13)18-10-12(16)4-2/h3-8H,1-2,9-10H2. The van der Waals surface area contributed by atoms with Gasteiger partial charge in [-0.1, -0.05) is 13.2 Å². The summed E-state index contributed by atoms with van der Waals surface area (Å²) in [5, 5.41) is 0. The van der Waals surface area contributed by atoms with E-state index < -0.39 is 0 Å². The van der Waals surface area contributed by atoms with Crippen LogP contribution in [0.15, 0.2) is 49.6 Å². The van der Waals surface area contributed by atoms with Crippen LogP contribution in [0.25, 0.3) is 0 Å². The van der Waals surface area contributed by atoms with Crippen LogP contribution in [-0.4, -0.2) is 24.8 Å². The zero-order chi connectivity index (χ0) is 13.4. The minimum absolute atomic E-state index is 0.0430. The second kappa shape index (κ2) is 7.06. The zero-order valence-corrected chi connectivity index (χ0v) is 9.93. The van der Waals surface area contributed by atoms with E-state index in [9.17, 15) is 9.59 Å². The Hall–Kier alpha value is -2.36. The predicted octanol–water partition coefficient (Wildman–Crippen LogP) is 1.95. The number of rotatable bonds is 8. The Morgan fingerprint density at radius 2 is 1.22 bits per heavy atom. The highest BCUT2D eigenvalue weighted by Crippen LogP contribution is 2.17.